The first-order valence-corrected chi connectivity index (χ1v) is 10.7. The minimum Gasteiger partial charge on any atom is -0.376 e. The van der Waals surface area contributed by atoms with Crippen LogP contribution in [0.4, 0.5) is 5.69 Å². The van der Waals surface area contributed by atoms with E-state index in [4.69, 9.17) is 0 Å². The smallest absolute Gasteiger partial charge is 0.242 e. The van der Waals surface area contributed by atoms with Crippen molar-refractivity contribution in [2.24, 2.45) is 0 Å². The lowest BCUT2D eigenvalue weighted by Gasteiger charge is -2.25. The van der Waals surface area contributed by atoms with Crippen molar-refractivity contribution in [3.63, 3.8) is 0 Å². The molecule has 1 aliphatic heterocycles. The highest BCUT2D eigenvalue weighted by molar-refractivity contribution is 7.89. The van der Waals surface area contributed by atoms with Crippen LogP contribution < -0.4 is 5.32 Å². The zero-order valence-electron chi connectivity index (χ0n) is 16.3. The maximum absolute atomic E-state index is 12.6. The number of carbonyl (C=O) groups is 1. The minimum atomic E-state index is -3.51. The molecule has 7 heteroatoms. The van der Waals surface area contributed by atoms with E-state index in [2.05, 4.69) is 5.32 Å². The van der Waals surface area contributed by atoms with E-state index in [0.29, 0.717) is 5.69 Å². The fourth-order valence-electron chi connectivity index (χ4n) is 3.15. The lowest BCUT2D eigenvalue weighted by molar-refractivity contribution is -0.129. The van der Waals surface area contributed by atoms with Gasteiger partial charge in [0.2, 0.25) is 15.9 Å². The summed E-state index contributed by atoms with van der Waals surface area (Å²) in [5.74, 6) is 0.0739. The molecule has 1 aromatic carbocycles. The number of aryl methyl sites for hydroxylation is 1. The molecule has 6 nitrogen and oxygen atoms in total. The topological polar surface area (TPSA) is 69.7 Å². The Kier molecular flexibility index (Phi) is 7.06. The highest BCUT2D eigenvalue weighted by atomic mass is 32.2. The molecule has 1 amide bonds. The summed E-state index contributed by atoms with van der Waals surface area (Å²) in [6.07, 6.45) is 5.73. The molecular weight excluding hydrogens is 350 g/mol. The number of rotatable bonds is 5. The normalized spacial score (nSPS) is 16.3. The van der Waals surface area contributed by atoms with E-state index in [1.807, 2.05) is 18.7 Å². The second-order valence-corrected chi connectivity index (χ2v) is 9.35. The monoisotopic (exact) mass is 381 g/mol. The summed E-state index contributed by atoms with van der Waals surface area (Å²) in [6.45, 7) is 5.63. The standard InChI is InChI=1S/C19H31N3O3S/c1-15-12-17(26(24,25)21(3)4)13-18(16(15)2)20-14-19(23)22-10-8-6-5-7-9-11-22/h12-13,20H,5-11,14H2,1-4H3. The fourth-order valence-corrected chi connectivity index (χ4v) is 4.16. The number of hydrogen-bond donors (Lipinski definition) is 1. The minimum absolute atomic E-state index is 0.0739. The quantitative estimate of drug-likeness (QED) is 0.851. The number of sulfonamides is 1. The molecule has 2 rings (SSSR count). The summed E-state index contributed by atoms with van der Waals surface area (Å²) >= 11 is 0. The van der Waals surface area contributed by atoms with E-state index in [1.165, 1.54) is 37.7 Å². The van der Waals surface area contributed by atoms with E-state index in [1.54, 1.807) is 12.1 Å². The number of amides is 1. The van der Waals surface area contributed by atoms with E-state index in [9.17, 15) is 13.2 Å². The largest absolute Gasteiger partial charge is 0.376 e. The van der Waals surface area contributed by atoms with Crippen LogP contribution in [0.3, 0.4) is 0 Å². The molecule has 1 saturated heterocycles. The Balaban J connectivity index is 2.13. The second kappa shape index (κ2) is 8.86. The summed E-state index contributed by atoms with van der Waals surface area (Å²) in [6, 6.07) is 3.30. The molecule has 0 radical (unpaired) electrons. The van der Waals surface area contributed by atoms with Gasteiger partial charge in [-0.25, -0.2) is 12.7 Å². The summed E-state index contributed by atoms with van der Waals surface area (Å²) in [5.41, 5.74) is 2.54. The molecule has 0 aliphatic carbocycles. The average Bonchev–Trinajstić information content (AvgIpc) is 2.55. The predicted molar refractivity (Wildman–Crippen MR) is 105 cm³/mol. The number of carbonyl (C=O) groups excluding carboxylic acids is 1. The van der Waals surface area contributed by atoms with Crippen molar-refractivity contribution < 1.29 is 13.2 Å². The van der Waals surface area contributed by atoms with Crippen molar-refractivity contribution >= 4 is 21.6 Å². The lowest BCUT2D eigenvalue weighted by atomic mass is 10.1. The number of nitrogens with one attached hydrogen (secondary N) is 1. The van der Waals surface area contributed by atoms with E-state index < -0.39 is 10.0 Å². The van der Waals surface area contributed by atoms with Crippen LogP contribution in [0, 0.1) is 13.8 Å². The molecule has 0 saturated carbocycles. The lowest BCUT2D eigenvalue weighted by Crippen LogP contribution is -2.37. The van der Waals surface area contributed by atoms with Gasteiger partial charge in [0, 0.05) is 32.9 Å². The average molecular weight is 382 g/mol. The van der Waals surface area contributed by atoms with Crippen LogP contribution in [0.1, 0.15) is 43.2 Å². The van der Waals surface area contributed by atoms with E-state index in [0.717, 1.165) is 37.1 Å². The third-order valence-corrected chi connectivity index (χ3v) is 6.85. The zero-order valence-corrected chi connectivity index (χ0v) is 17.2. The van der Waals surface area contributed by atoms with Gasteiger partial charge in [0.1, 0.15) is 0 Å². The van der Waals surface area contributed by atoms with Crippen LogP contribution in [0.5, 0.6) is 0 Å². The molecule has 0 unspecified atom stereocenters. The van der Waals surface area contributed by atoms with Crippen LogP contribution in [-0.4, -0.2) is 57.3 Å². The Morgan fingerprint density at radius 1 is 1.08 bits per heavy atom. The highest BCUT2D eigenvalue weighted by Crippen LogP contribution is 2.25. The van der Waals surface area contributed by atoms with Crippen molar-refractivity contribution in [1.82, 2.24) is 9.21 Å². The summed E-state index contributed by atoms with van der Waals surface area (Å²) in [7, 11) is -0.475. The number of likely N-dealkylation sites (tertiary alicyclic amines) is 1. The molecule has 0 bridgehead atoms. The first kappa shape index (κ1) is 20.7. The third-order valence-electron chi connectivity index (χ3n) is 5.06. The molecular formula is C19H31N3O3S. The van der Waals surface area contributed by atoms with Gasteiger partial charge < -0.3 is 10.2 Å². The number of hydrogen-bond acceptors (Lipinski definition) is 4. The maximum Gasteiger partial charge on any atom is 0.242 e. The molecule has 1 aliphatic rings. The van der Waals surface area contributed by atoms with Crippen molar-refractivity contribution in [3.05, 3.63) is 23.3 Å². The zero-order chi connectivity index (χ0) is 19.3. The Morgan fingerprint density at radius 2 is 1.65 bits per heavy atom. The van der Waals surface area contributed by atoms with Crippen molar-refractivity contribution in [2.75, 3.05) is 39.0 Å². The van der Waals surface area contributed by atoms with Gasteiger partial charge in [-0.3, -0.25) is 4.79 Å². The molecule has 146 valence electrons. The predicted octanol–water partition coefficient (Wildman–Crippen LogP) is 2.76. The van der Waals surface area contributed by atoms with Crippen molar-refractivity contribution in [1.29, 1.82) is 0 Å². The molecule has 1 aromatic rings. The van der Waals surface area contributed by atoms with Crippen LogP contribution in [0.2, 0.25) is 0 Å². The van der Waals surface area contributed by atoms with E-state index >= 15 is 0 Å². The third kappa shape index (κ3) is 4.98. The van der Waals surface area contributed by atoms with Gasteiger partial charge in [-0.05, 0) is 49.9 Å². The van der Waals surface area contributed by atoms with Gasteiger partial charge >= 0.3 is 0 Å². The fraction of sp³-hybridized carbons (Fsp3) is 0.632. The van der Waals surface area contributed by atoms with Gasteiger partial charge in [-0.1, -0.05) is 19.3 Å². The molecule has 1 N–H and O–H groups in total. The Labute approximate surface area is 157 Å². The van der Waals surface area contributed by atoms with E-state index in [-0.39, 0.29) is 17.3 Å². The Morgan fingerprint density at radius 3 is 2.23 bits per heavy atom. The SMILES string of the molecule is Cc1cc(S(=O)(=O)N(C)C)cc(NCC(=O)N2CCCCCCC2)c1C. The van der Waals surface area contributed by atoms with Gasteiger partial charge in [-0.2, -0.15) is 0 Å². The summed E-state index contributed by atoms with van der Waals surface area (Å²) in [4.78, 5) is 14.7. The molecule has 0 spiro atoms. The Hall–Kier alpha value is -1.60. The number of nitrogens with zero attached hydrogens (tertiary/aromatic N) is 2. The molecule has 1 fully saturated rings. The summed E-state index contributed by atoms with van der Waals surface area (Å²) in [5, 5.41) is 3.16. The van der Waals surface area contributed by atoms with Gasteiger partial charge in [-0.15, -0.1) is 0 Å². The summed E-state index contributed by atoms with van der Waals surface area (Å²) < 4.78 is 26.1. The van der Waals surface area contributed by atoms with Crippen LogP contribution in [0.25, 0.3) is 0 Å². The maximum atomic E-state index is 12.6. The molecule has 0 atom stereocenters. The number of anilines is 1. The van der Waals surface area contributed by atoms with Crippen LogP contribution >= 0.6 is 0 Å². The molecule has 26 heavy (non-hydrogen) atoms. The van der Waals surface area contributed by atoms with Crippen molar-refractivity contribution in [2.45, 2.75) is 50.8 Å². The van der Waals surface area contributed by atoms with Crippen LogP contribution in [0.15, 0.2) is 17.0 Å². The Bertz CT molecular complexity index is 737. The molecule has 1 heterocycles. The van der Waals surface area contributed by atoms with Gasteiger partial charge in [0.25, 0.3) is 0 Å². The van der Waals surface area contributed by atoms with Crippen molar-refractivity contribution in [3.8, 4) is 0 Å². The van der Waals surface area contributed by atoms with Gasteiger partial charge in [0.05, 0.1) is 11.4 Å². The van der Waals surface area contributed by atoms with Gasteiger partial charge in [0.15, 0.2) is 0 Å². The van der Waals surface area contributed by atoms with Crippen LogP contribution in [-0.2, 0) is 14.8 Å². The first-order chi connectivity index (χ1) is 12.2. The highest BCUT2D eigenvalue weighted by Gasteiger charge is 2.20. The second-order valence-electron chi connectivity index (χ2n) is 7.20. The number of benzene rings is 1. The first-order valence-electron chi connectivity index (χ1n) is 9.29. The molecule has 0 aromatic heterocycles.